The third-order valence-corrected chi connectivity index (χ3v) is 3.51. The Morgan fingerprint density at radius 1 is 1.35 bits per heavy atom. The number of nitrogens with two attached hydrogens (primary N) is 1. The standard InChI is InChI=1S/C14H14N2O.C2H6O/c1-8-6-7-10(14(15)17)13-12(8)9-4-2-3-5-11(9)16-13;1-2-3/h2-7,9,11,16H,1H3,(H2,15,17);3H,2H2,1H3. The summed E-state index contributed by atoms with van der Waals surface area (Å²) in [6, 6.07) is 4.01. The lowest BCUT2D eigenvalue weighted by molar-refractivity contribution is 0.100. The Morgan fingerprint density at radius 3 is 2.65 bits per heavy atom. The Balaban J connectivity index is 0.000000452. The average molecular weight is 272 g/mol. The summed E-state index contributed by atoms with van der Waals surface area (Å²) in [4.78, 5) is 11.4. The highest BCUT2D eigenvalue weighted by atomic mass is 16.2. The van der Waals surface area contributed by atoms with Crippen molar-refractivity contribution < 1.29 is 9.90 Å². The van der Waals surface area contributed by atoms with Crippen LogP contribution in [-0.4, -0.2) is 23.7 Å². The molecule has 1 amide bonds. The second kappa shape index (κ2) is 5.92. The van der Waals surface area contributed by atoms with Gasteiger partial charge in [0.05, 0.1) is 17.3 Å². The number of allylic oxidation sites excluding steroid dienone is 2. The Labute approximate surface area is 119 Å². The fraction of sp³-hybridized carbons (Fsp3) is 0.312. The highest BCUT2D eigenvalue weighted by Crippen LogP contribution is 2.42. The number of carbonyl (C=O) groups excluding carboxylic acids is 1. The molecule has 3 rings (SSSR count). The van der Waals surface area contributed by atoms with E-state index in [0.29, 0.717) is 11.5 Å². The summed E-state index contributed by atoms with van der Waals surface area (Å²) in [6.45, 7) is 4.00. The van der Waals surface area contributed by atoms with E-state index in [1.54, 1.807) is 13.0 Å². The van der Waals surface area contributed by atoms with Gasteiger partial charge in [-0.2, -0.15) is 0 Å². The molecule has 2 atom stereocenters. The SMILES string of the molecule is CCO.Cc1ccc(C(N)=O)c2c1C1C=CC=CC1N2. The molecule has 0 bridgehead atoms. The fourth-order valence-electron chi connectivity index (χ4n) is 2.70. The number of benzene rings is 1. The smallest absolute Gasteiger partial charge is 0.250 e. The lowest BCUT2D eigenvalue weighted by Gasteiger charge is -2.16. The molecule has 0 saturated heterocycles. The summed E-state index contributed by atoms with van der Waals surface area (Å²) in [5.74, 6) is -0.0605. The van der Waals surface area contributed by atoms with Gasteiger partial charge in [0.1, 0.15) is 0 Å². The minimum absolute atomic E-state index is 0.245. The molecule has 2 aliphatic rings. The third kappa shape index (κ3) is 2.47. The second-order valence-electron chi connectivity index (χ2n) is 4.86. The molecule has 0 fully saturated rings. The van der Waals surface area contributed by atoms with Crippen molar-refractivity contribution in [3.63, 3.8) is 0 Å². The predicted molar refractivity (Wildman–Crippen MR) is 80.9 cm³/mol. The molecule has 1 aromatic carbocycles. The monoisotopic (exact) mass is 272 g/mol. The van der Waals surface area contributed by atoms with E-state index in [-0.39, 0.29) is 18.6 Å². The van der Waals surface area contributed by atoms with E-state index in [0.717, 1.165) is 5.69 Å². The molecular weight excluding hydrogens is 252 g/mol. The van der Waals surface area contributed by atoms with Gasteiger partial charge < -0.3 is 16.2 Å². The summed E-state index contributed by atoms with van der Waals surface area (Å²) in [6.07, 6.45) is 8.36. The molecule has 4 N–H and O–H groups in total. The molecule has 0 aromatic heterocycles. The van der Waals surface area contributed by atoms with Crippen LogP contribution >= 0.6 is 0 Å². The number of aryl methyl sites for hydroxylation is 1. The van der Waals surface area contributed by atoms with E-state index in [4.69, 9.17) is 10.8 Å². The van der Waals surface area contributed by atoms with Crippen molar-refractivity contribution in [1.29, 1.82) is 0 Å². The number of fused-ring (bicyclic) bond motifs is 3. The zero-order valence-electron chi connectivity index (χ0n) is 11.8. The molecule has 1 heterocycles. The Hall–Kier alpha value is -2.07. The first-order chi connectivity index (χ1) is 9.60. The van der Waals surface area contributed by atoms with E-state index in [2.05, 4.69) is 24.4 Å². The van der Waals surface area contributed by atoms with Crippen LogP contribution in [0.5, 0.6) is 0 Å². The number of aliphatic hydroxyl groups excluding tert-OH is 1. The number of amides is 1. The molecule has 1 aliphatic heterocycles. The van der Waals surface area contributed by atoms with Crippen molar-refractivity contribution in [3.05, 3.63) is 53.1 Å². The first-order valence-corrected chi connectivity index (χ1v) is 6.75. The number of rotatable bonds is 1. The van der Waals surface area contributed by atoms with Gasteiger partial charge in [0, 0.05) is 12.5 Å². The molecule has 1 aliphatic carbocycles. The molecule has 106 valence electrons. The average Bonchev–Trinajstić information content (AvgIpc) is 2.79. The number of hydrogen-bond donors (Lipinski definition) is 3. The van der Waals surface area contributed by atoms with Crippen molar-refractivity contribution in [1.82, 2.24) is 0 Å². The number of hydrogen-bond acceptors (Lipinski definition) is 3. The van der Waals surface area contributed by atoms with Crippen LogP contribution in [-0.2, 0) is 0 Å². The number of anilines is 1. The van der Waals surface area contributed by atoms with Crippen molar-refractivity contribution in [3.8, 4) is 0 Å². The van der Waals surface area contributed by atoms with E-state index in [9.17, 15) is 4.79 Å². The zero-order valence-corrected chi connectivity index (χ0v) is 11.8. The molecule has 2 unspecified atom stereocenters. The van der Waals surface area contributed by atoms with E-state index < -0.39 is 0 Å². The summed E-state index contributed by atoms with van der Waals surface area (Å²) in [5, 5.41) is 11.0. The Kier molecular flexibility index (Phi) is 4.25. The van der Waals surface area contributed by atoms with Gasteiger partial charge in [-0.1, -0.05) is 30.4 Å². The lowest BCUT2D eigenvalue weighted by Crippen LogP contribution is -2.18. The summed E-state index contributed by atoms with van der Waals surface area (Å²) in [5.41, 5.74) is 9.30. The van der Waals surface area contributed by atoms with Crippen molar-refractivity contribution >= 4 is 11.6 Å². The van der Waals surface area contributed by atoms with Crippen molar-refractivity contribution in [2.45, 2.75) is 25.8 Å². The van der Waals surface area contributed by atoms with Gasteiger partial charge in [0.2, 0.25) is 0 Å². The van der Waals surface area contributed by atoms with Gasteiger partial charge in [-0.05, 0) is 31.0 Å². The molecule has 4 heteroatoms. The molecule has 4 nitrogen and oxygen atoms in total. The highest BCUT2D eigenvalue weighted by molar-refractivity contribution is 6.00. The quantitative estimate of drug-likeness (QED) is 0.733. The van der Waals surface area contributed by atoms with Crippen LogP contribution in [0.3, 0.4) is 0 Å². The minimum Gasteiger partial charge on any atom is -0.397 e. The molecule has 0 radical (unpaired) electrons. The fourth-order valence-corrected chi connectivity index (χ4v) is 2.70. The maximum atomic E-state index is 11.4. The van der Waals surface area contributed by atoms with E-state index in [1.165, 1.54) is 11.1 Å². The van der Waals surface area contributed by atoms with Gasteiger partial charge in [-0.25, -0.2) is 0 Å². The highest BCUT2D eigenvalue weighted by Gasteiger charge is 2.33. The van der Waals surface area contributed by atoms with Crippen LogP contribution in [0.4, 0.5) is 5.69 Å². The van der Waals surface area contributed by atoms with Crippen LogP contribution in [0.1, 0.15) is 34.3 Å². The van der Waals surface area contributed by atoms with Crippen molar-refractivity contribution in [2.24, 2.45) is 5.73 Å². The van der Waals surface area contributed by atoms with Crippen molar-refractivity contribution in [2.75, 3.05) is 11.9 Å². The maximum absolute atomic E-state index is 11.4. The van der Waals surface area contributed by atoms with E-state index >= 15 is 0 Å². The minimum atomic E-state index is -0.375. The van der Waals surface area contributed by atoms with Gasteiger partial charge in [-0.15, -0.1) is 0 Å². The first kappa shape index (κ1) is 14.3. The Morgan fingerprint density at radius 2 is 2.00 bits per heavy atom. The third-order valence-electron chi connectivity index (χ3n) is 3.51. The predicted octanol–water partition coefficient (Wildman–Crippen LogP) is 2.10. The molecule has 1 aromatic rings. The Bertz CT molecular complexity index is 576. The summed E-state index contributed by atoms with van der Waals surface area (Å²) in [7, 11) is 0. The van der Waals surface area contributed by atoms with Crippen LogP contribution < -0.4 is 11.1 Å². The van der Waals surface area contributed by atoms with Crippen LogP contribution in [0.25, 0.3) is 0 Å². The molecule has 20 heavy (non-hydrogen) atoms. The van der Waals surface area contributed by atoms with Crippen LogP contribution in [0.15, 0.2) is 36.4 Å². The normalized spacial score (nSPS) is 21.4. The summed E-state index contributed by atoms with van der Waals surface area (Å²) >= 11 is 0. The van der Waals surface area contributed by atoms with Gasteiger partial charge >= 0.3 is 0 Å². The van der Waals surface area contributed by atoms with Crippen LogP contribution in [0.2, 0.25) is 0 Å². The number of primary amides is 1. The lowest BCUT2D eigenvalue weighted by atomic mass is 9.88. The van der Waals surface area contributed by atoms with Gasteiger partial charge in [0.25, 0.3) is 5.91 Å². The number of aliphatic hydroxyl groups is 1. The topological polar surface area (TPSA) is 75.3 Å². The summed E-state index contributed by atoms with van der Waals surface area (Å²) < 4.78 is 0. The molecule has 0 saturated carbocycles. The first-order valence-electron chi connectivity index (χ1n) is 6.75. The number of carbonyl (C=O) groups is 1. The van der Waals surface area contributed by atoms with Gasteiger partial charge in [-0.3, -0.25) is 4.79 Å². The maximum Gasteiger partial charge on any atom is 0.250 e. The second-order valence-corrected chi connectivity index (χ2v) is 4.86. The van der Waals surface area contributed by atoms with Gasteiger partial charge in [0.15, 0.2) is 0 Å². The zero-order chi connectivity index (χ0) is 14.7. The number of nitrogens with one attached hydrogen (secondary N) is 1. The molecular formula is C16H20N2O2. The molecule has 0 spiro atoms. The van der Waals surface area contributed by atoms with E-state index in [1.807, 2.05) is 18.2 Å². The van der Waals surface area contributed by atoms with Crippen LogP contribution in [0, 0.1) is 6.92 Å². The largest absolute Gasteiger partial charge is 0.397 e.